The Morgan fingerprint density at radius 3 is 2.78 bits per heavy atom. The van der Waals surface area contributed by atoms with Gasteiger partial charge in [0.05, 0.1) is 16.8 Å². The summed E-state index contributed by atoms with van der Waals surface area (Å²) in [6.45, 7) is 4.81. The van der Waals surface area contributed by atoms with Gasteiger partial charge in [-0.2, -0.15) is 0 Å². The molecule has 0 bridgehead atoms. The smallest absolute Gasteiger partial charge is 0.186 e. The molecule has 27 heavy (non-hydrogen) atoms. The number of thiazole rings is 1. The fraction of sp³-hybridized carbons (Fsp3) is 0.364. The summed E-state index contributed by atoms with van der Waals surface area (Å²) in [5.74, 6) is 0.828. The highest BCUT2D eigenvalue weighted by molar-refractivity contribution is 7.22. The largest absolute Gasteiger partial charge is 0.494 e. The number of aldehydes is 1. The Bertz CT molecular complexity index is 829. The SMILES string of the molecule is CCCCN(CCCOc1cccc(CC=O)c1)c1nc2ccccc2s1. The number of benzene rings is 2. The monoisotopic (exact) mass is 382 g/mol. The highest BCUT2D eigenvalue weighted by Crippen LogP contribution is 2.29. The summed E-state index contributed by atoms with van der Waals surface area (Å²) in [7, 11) is 0. The predicted molar refractivity (Wildman–Crippen MR) is 113 cm³/mol. The third kappa shape index (κ3) is 5.54. The second-order valence-electron chi connectivity index (χ2n) is 6.52. The van der Waals surface area contributed by atoms with Crippen LogP contribution in [-0.4, -0.2) is 31.0 Å². The molecule has 1 aromatic heterocycles. The first-order valence-electron chi connectivity index (χ1n) is 9.56. The van der Waals surface area contributed by atoms with Crippen LogP contribution in [0.3, 0.4) is 0 Å². The number of carbonyl (C=O) groups excluding carboxylic acids is 1. The molecular formula is C22H26N2O2S. The molecule has 2 aromatic carbocycles. The van der Waals surface area contributed by atoms with Gasteiger partial charge in [-0.1, -0.05) is 48.9 Å². The lowest BCUT2D eigenvalue weighted by atomic mass is 10.1. The fourth-order valence-corrected chi connectivity index (χ4v) is 3.97. The molecule has 3 aromatic rings. The lowest BCUT2D eigenvalue weighted by molar-refractivity contribution is -0.107. The summed E-state index contributed by atoms with van der Waals surface area (Å²) in [4.78, 5) is 17.8. The lowest BCUT2D eigenvalue weighted by Gasteiger charge is -2.21. The maximum absolute atomic E-state index is 10.7. The van der Waals surface area contributed by atoms with E-state index in [2.05, 4.69) is 30.0 Å². The van der Waals surface area contributed by atoms with Crippen molar-refractivity contribution < 1.29 is 9.53 Å². The normalized spacial score (nSPS) is 10.9. The zero-order valence-electron chi connectivity index (χ0n) is 15.8. The molecule has 0 radical (unpaired) electrons. The number of hydrogen-bond acceptors (Lipinski definition) is 5. The Hall–Kier alpha value is -2.40. The first-order chi connectivity index (χ1) is 13.3. The van der Waals surface area contributed by atoms with E-state index >= 15 is 0 Å². The Morgan fingerprint density at radius 1 is 1.11 bits per heavy atom. The van der Waals surface area contributed by atoms with Gasteiger partial charge in [-0.15, -0.1) is 0 Å². The van der Waals surface area contributed by atoms with E-state index in [9.17, 15) is 4.79 Å². The van der Waals surface area contributed by atoms with Gasteiger partial charge in [0, 0.05) is 19.5 Å². The van der Waals surface area contributed by atoms with Crippen LogP contribution < -0.4 is 9.64 Å². The van der Waals surface area contributed by atoms with Gasteiger partial charge in [0.2, 0.25) is 0 Å². The van der Waals surface area contributed by atoms with Gasteiger partial charge in [-0.3, -0.25) is 0 Å². The molecule has 1 heterocycles. The van der Waals surface area contributed by atoms with Crippen molar-refractivity contribution in [3.05, 3.63) is 54.1 Å². The summed E-state index contributed by atoms with van der Waals surface area (Å²) >= 11 is 1.76. The minimum atomic E-state index is 0.430. The second kappa shape index (κ2) is 10.1. The number of rotatable bonds is 11. The Kier molecular flexibility index (Phi) is 7.22. The van der Waals surface area contributed by atoms with Crippen LogP contribution in [0.5, 0.6) is 5.75 Å². The zero-order valence-corrected chi connectivity index (χ0v) is 16.6. The lowest BCUT2D eigenvalue weighted by Crippen LogP contribution is -2.26. The molecule has 0 amide bonds. The number of para-hydroxylation sites is 1. The average molecular weight is 383 g/mol. The summed E-state index contributed by atoms with van der Waals surface area (Å²) in [5.41, 5.74) is 2.06. The van der Waals surface area contributed by atoms with Crippen molar-refractivity contribution in [1.82, 2.24) is 4.98 Å². The number of ether oxygens (including phenoxy) is 1. The van der Waals surface area contributed by atoms with Gasteiger partial charge in [-0.25, -0.2) is 4.98 Å². The van der Waals surface area contributed by atoms with Crippen molar-refractivity contribution in [3.63, 3.8) is 0 Å². The first-order valence-corrected chi connectivity index (χ1v) is 10.4. The zero-order chi connectivity index (χ0) is 18.9. The molecule has 0 saturated heterocycles. The van der Waals surface area contributed by atoms with Crippen molar-refractivity contribution in [2.24, 2.45) is 0 Å². The van der Waals surface area contributed by atoms with E-state index in [1.165, 1.54) is 11.1 Å². The van der Waals surface area contributed by atoms with Gasteiger partial charge in [0.15, 0.2) is 5.13 Å². The number of nitrogens with zero attached hydrogens (tertiary/aromatic N) is 2. The summed E-state index contributed by atoms with van der Waals surface area (Å²) < 4.78 is 7.12. The average Bonchev–Trinajstić information content (AvgIpc) is 3.12. The van der Waals surface area contributed by atoms with Gasteiger partial charge < -0.3 is 14.4 Å². The Labute approximate surface area is 164 Å². The van der Waals surface area contributed by atoms with E-state index in [1.807, 2.05) is 30.3 Å². The minimum absolute atomic E-state index is 0.430. The van der Waals surface area contributed by atoms with Gasteiger partial charge in [0.1, 0.15) is 12.0 Å². The molecule has 0 aliphatic rings. The van der Waals surface area contributed by atoms with Crippen molar-refractivity contribution in [3.8, 4) is 5.75 Å². The number of carbonyl (C=O) groups is 1. The molecular weight excluding hydrogens is 356 g/mol. The van der Waals surface area contributed by atoms with Gasteiger partial charge >= 0.3 is 0 Å². The number of aromatic nitrogens is 1. The molecule has 0 saturated carbocycles. The summed E-state index contributed by atoms with van der Waals surface area (Å²) in [6, 6.07) is 16.1. The summed E-state index contributed by atoms with van der Waals surface area (Å²) in [6.07, 6.45) is 4.60. The third-order valence-corrected chi connectivity index (χ3v) is 5.49. The number of fused-ring (bicyclic) bond motifs is 1. The van der Waals surface area contributed by atoms with E-state index in [0.717, 1.165) is 54.2 Å². The van der Waals surface area contributed by atoms with Crippen LogP contribution in [0.15, 0.2) is 48.5 Å². The van der Waals surface area contributed by atoms with Crippen LogP contribution in [-0.2, 0) is 11.2 Å². The van der Waals surface area contributed by atoms with Crippen molar-refractivity contribution in [2.45, 2.75) is 32.6 Å². The van der Waals surface area contributed by atoms with Crippen molar-refractivity contribution >= 4 is 33.0 Å². The van der Waals surface area contributed by atoms with Crippen LogP contribution in [0.25, 0.3) is 10.2 Å². The molecule has 3 rings (SSSR count). The van der Waals surface area contributed by atoms with Crippen LogP contribution in [0, 0.1) is 0 Å². The molecule has 0 N–H and O–H groups in total. The summed E-state index contributed by atoms with van der Waals surface area (Å²) in [5, 5.41) is 1.10. The quantitative estimate of drug-likeness (QED) is 0.341. The molecule has 0 spiro atoms. The van der Waals surface area contributed by atoms with E-state index in [-0.39, 0.29) is 0 Å². The molecule has 0 atom stereocenters. The van der Waals surface area contributed by atoms with Crippen LogP contribution in [0.1, 0.15) is 31.7 Å². The van der Waals surface area contributed by atoms with Crippen molar-refractivity contribution in [1.29, 1.82) is 0 Å². The van der Waals surface area contributed by atoms with Crippen LogP contribution in [0.2, 0.25) is 0 Å². The first kappa shape index (κ1) is 19.4. The van der Waals surface area contributed by atoms with Crippen LogP contribution in [0.4, 0.5) is 5.13 Å². The Balaban J connectivity index is 1.56. The standard InChI is InChI=1S/C22H26N2O2S/c1-2-3-13-24(22-23-20-10-4-5-11-21(20)27-22)14-7-16-26-19-9-6-8-18(17-19)12-15-25/h4-6,8-11,15,17H,2-3,7,12-14,16H2,1H3. The fourth-order valence-electron chi connectivity index (χ4n) is 2.95. The molecule has 5 heteroatoms. The van der Waals surface area contributed by atoms with Crippen molar-refractivity contribution in [2.75, 3.05) is 24.6 Å². The maximum atomic E-state index is 10.7. The highest BCUT2D eigenvalue weighted by Gasteiger charge is 2.11. The number of anilines is 1. The topological polar surface area (TPSA) is 42.4 Å². The molecule has 4 nitrogen and oxygen atoms in total. The predicted octanol–water partition coefficient (Wildman–Crippen LogP) is 5.11. The molecule has 0 aliphatic carbocycles. The van der Waals surface area contributed by atoms with Gasteiger partial charge in [0.25, 0.3) is 0 Å². The van der Waals surface area contributed by atoms with E-state index < -0.39 is 0 Å². The van der Waals surface area contributed by atoms with E-state index in [4.69, 9.17) is 9.72 Å². The minimum Gasteiger partial charge on any atom is -0.494 e. The third-order valence-electron chi connectivity index (χ3n) is 4.39. The van der Waals surface area contributed by atoms with E-state index in [0.29, 0.717) is 13.0 Å². The van der Waals surface area contributed by atoms with Crippen LogP contribution >= 0.6 is 11.3 Å². The molecule has 0 fully saturated rings. The van der Waals surface area contributed by atoms with E-state index in [1.54, 1.807) is 11.3 Å². The highest BCUT2D eigenvalue weighted by atomic mass is 32.1. The van der Waals surface area contributed by atoms with Gasteiger partial charge in [-0.05, 0) is 42.7 Å². The molecule has 0 aliphatic heterocycles. The second-order valence-corrected chi connectivity index (χ2v) is 7.53. The maximum Gasteiger partial charge on any atom is 0.186 e. The Morgan fingerprint density at radius 2 is 1.96 bits per heavy atom. The number of unbranched alkanes of at least 4 members (excludes halogenated alkanes) is 1. The molecule has 142 valence electrons. The number of hydrogen-bond donors (Lipinski definition) is 0. The molecule has 0 unspecified atom stereocenters.